The van der Waals surface area contributed by atoms with Crippen molar-refractivity contribution in [3.8, 4) is 11.6 Å². The number of carbonyl (C=O) groups is 1. The number of rotatable bonds is 7. The van der Waals surface area contributed by atoms with Crippen LogP contribution < -0.4 is 5.32 Å². The fourth-order valence-electron chi connectivity index (χ4n) is 2.71. The average molecular weight is 427 g/mol. The third-order valence-corrected chi connectivity index (χ3v) is 5.92. The number of nitrogens with zero attached hydrogens (tertiary/aromatic N) is 5. The van der Waals surface area contributed by atoms with Crippen molar-refractivity contribution in [1.29, 1.82) is 0 Å². The van der Waals surface area contributed by atoms with Crippen LogP contribution in [0.4, 0.5) is 5.13 Å². The van der Waals surface area contributed by atoms with Crippen LogP contribution in [0.2, 0.25) is 0 Å². The molecule has 0 saturated carbocycles. The molecule has 4 aromatic rings. The highest BCUT2D eigenvalue weighted by Gasteiger charge is 2.22. The molecule has 1 atom stereocenters. The number of nitrogens with one attached hydrogen (secondary N) is 1. The zero-order valence-corrected chi connectivity index (χ0v) is 17.5. The zero-order valence-electron chi connectivity index (χ0n) is 15.8. The summed E-state index contributed by atoms with van der Waals surface area (Å²) in [5.74, 6) is 1.04. The van der Waals surface area contributed by atoms with E-state index in [0.717, 1.165) is 16.0 Å². The molecule has 0 spiro atoms. The van der Waals surface area contributed by atoms with E-state index in [2.05, 4.69) is 32.3 Å². The predicted octanol–water partition coefficient (Wildman–Crippen LogP) is 4.16. The molecule has 1 amide bonds. The first-order valence-corrected chi connectivity index (χ1v) is 10.6. The summed E-state index contributed by atoms with van der Waals surface area (Å²) in [7, 11) is 0. The molecule has 3 heterocycles. The maximum absolute atomic E-state index is 12.5. The van der Waals surface area contributed by atoms with E-state index < -0.39 is 5.25 Å². The fourth-order valence-corrected chi connectivity index (χ4v) is 4.16. The summed E-state index contributed by atoms with van der Waals surface area (Å²) in [6, 6.07) is 9.70. The van der Waals surface area contributed by atoms with Gasteiger partial charge in [-0.1, -0.05) is 47.4 Å². The molecular weight excluding hydrogens is 408 g/mol. The number of para-hydroxylation sites is 1. The van der Waals surface area contributed by atoms with Crippen molar-refractivity contribution in [2.24, 2.45) is 0 Å². The summed E-state index contributed by atoms with van der Waals surface area (Å²) in [5, 5.41) is 21.7. The van der Waals surface area contributed by atoms with Gasteiger partial charge in [-0.25, -0.2) is 0 Å². The monoisotopic (exact) mass is 426 g/mol. The number of thioether (sulfide) groups is 1. The minimum Gasteiger partial charge on any atom is -0.453 e. The van der Waals surface area contributed by atoms with Gasteiger partial charge in [0.1, 0.15) is 10.6 Å². The lowest BCUT2D eigenvalue weighted by Gasteiger charge is -2.11. The summed E-state index contributed by atoms with van der Waals surface area (Å²) in [6.45, 7) is 7.95. The Morgan fingerprint density at radius 3 is 2.90 bits per heavy atom. The third kappa shape index (κ3) is 4.08. The average Bonchev–Trinajstić information content (AvgIpc) is 3.41. The highest BCUT2D eigenvalue weighted by atomic mass is 32.2. The summed E-state index contributed by atoms with van der Waals surface area (Å²) < 4.78 is 7.81. The van der Waals surface area contributed by atoms with E-state index in [4.69, 9.17) is 4.42 Å². The summed E-state index contributed by atoms with van der Waals surface area (Å²) >= 11 is 2.64. The molecule has 0 aliphatic rings. The van der Waals surface area contributed by atoms with Crippen molar-refractivity contribution in [3.05, 3.63) is 48.0 Å². The van der Waals surface area contributed by atoms with Gasteiger partial charge in [0.2, 0.25) is 16.9 Å². The molecule has 8 nitrogen and oxygen atoms in total. The van der Waals surface area contributed by atoms with Gasteiger partial charge in [-0.2, -0.15) is 0 Å². The Bertz CT molecular complexity index is 1150. The standard InChI is InChI=1S/C19H18N6O2S2/c1-4-9-25-16(15-10-13-7-5-6-8-14(13)27-15)22-24-19(25)28-11(2)17(26)20-18-23-21-12(3)29-18/h4-8,10-11H,1,9H2,2-3H3,(H,20,23,26)/t11-/m1/s1. The number of furan rings is 1. The topological polar surface area (TPSA) is 98.7 Å². The number of anilines is 1. The van der Waals surface area contributed by atoms with Gasteiger partial charge in [0.05, 0.1) is 5.25 Å². The van der Waals surface area contributed by atoms with E-state index in [1.54, 1.807) is 6.08 Å². The number of fused-ring (bicyclic) bond motifs is 1. The molecule has 0 fully saturated rings. The molecule has 10 heteroatoms. The summed E-state index contributed by atoms with van der Waals surface area (Å²) in [6.07, 6.45) is 1.76. The second kappa shape index (κ2) is 8.18. The molecule has 0 aliphatic carbocycles. The second-order valence-corrected chi connectivity index (χ2v) is 8.72. The van der Waals surface area contributed by atoms with Gasteiger partial charge < -0.3 is 4.42 Å². The number of aromatic nitrogens is 5. The Kier molecular flexibility index (Phi) is 5.45. The van der Waals surface area contributed by atoms with E-state index >= 15 is 0 Å². The molecule has 0 radical (unpaired) electrons. The fraction of sp³-hybridized carbons (Fsp3) is 0.211. The Morgan fingerprint density at radius 2 is 2.17 bits per heavy atom. The molecule has 0 bridgehead atoms. The Balaban J connectivity index is 1.57. The van der Waals surface area contributed by atoms with Gasteiger partial charge in [0.15, 0.2) is 10.9 Å². The maximum atomic E-state index is 12.5. The number of hydrogen-bond acceptors (Lipinski definition) is 8. The SMILES string of the molecule is C=CCn1c(S[C@H](C)C(=O)Nc2nnc(C)s2)nnc1-c1cc2ccccc2o1. The van der Waals surface area contributed by atoms with E-state index in [1.807, 2.05) is 48.7 Å². The smallest absolute Gasteiger partial charge is 0.239 e. The van der Waals surface area contributed by atoms with Gasteiger partial charge >= 0.3 is 0 Å². The number of allylic oxidation sites excluding steroid dienone is 1. The van der Waals surface area contributed by atoms with Gasteiger partial charge in [0, 0.05) is 11.9 Å². The van der Waals surface area contributed by atoms with Gasteiger partial charge in [-0.3, -0.25) is 14.7 Å². The van der Waals surface area contributed by atoms with Crippen LogP contribution in [-0.4, -0.2) is 36.1 Å². The van der Waals surface area contributed by atoms with Crippen LogP contribution in [-0.2, 0) is 11.3 Å². The third-order valence-electron chi connectivity index (χ3n) is 4.08. The molecule has 3 aromatic heterocycles. The molecule has 1 aromatic carbocycles. The highest BCUT2D eigenvalue weighted by molar-refractivity contribution is 8.00. The quantitative estimate of drug-likeness (QED) is 0.350. The molecular formula is C19H18N6O2S2. The first-order valence-electron chi connectivity index (χ1n) is 8.86. The molecule has 1 N–H and O–H groups in total. The zero-order chi connectivity index (χ0) is 20.4. The molecule has 4 rings (SSSR count). The first-order chi connectivity index (χ1) is 14.0. The van der Waals surface area contributed by atoms with Crippen molar-refractivity contribution >= 4 is 45.1 Å². The van der Waals surface area contributed by atoms with E-state index in [1.165, 1.54) is 23.1 Å². The lowest BCUT2D eigenvalue weighted by Crippen LogP contribution is -2.22. The number of carbonyl (C=O) groups excluding carboxylic acids is 1. The van der Waals surface area contributed by atoms with Gasteiger partial charge in [0.25, 0.3) is 0 Å². The summed E-state index contributed by atoms with van der Waals surface area (Å²) in [4.78, 5) is 12.5. The van der Waals surface area contributed by atoms with E-state index in [-0.39, 0.29) is 5.91 Å². The van der Waals surface area contributed by atoms with Crippen molar-refractivity contribution in [2.75, 3.05) is 5.32 Å². The van der Waals surface area contributed by atoms with Crippen molar-refractivity contribution < 1.29 is 9.21 Å². The lowest BCUT2D eigenvalue weighted by atomic mass is 10.2. The van der Waals surface area contributed by atoms with Crippen LogP contribution in [0.1, 0.15) is 11.9 Å². The van der Waals surface area contributed by atoms with Gasteiger partial charge in [-0.15, -0.1) is 27.0 Å². The summed E-state index contributed by atoms with van der Waals surface area (Å²) in [5.41, 5.74) is 0.782. The maximum Gasteiger partial charge on any atom is 0.239 e. The number of hydrogen-bond donors (Lipinski definition) is 1. The molecule has 0 unspecified atom stereocenters. The van der Waals surface area contributed by atoms with Crippen molar-refractivity contribution in [1.82, 2.24) is 25.0 Å². The predicted molar refractivity (Wildman–Crippen MR) is 114 cm³/mol. The van der Waals surface area contributed by atoms with Crippen LogP contribution in [0.5, 0.6) is 0 Å². The van der Waals surface area contributed by atoms with Crippen LogP contribution in [0, 0.1) is 6.92 Å². The number of amides is 1. The first kappa shape index (κ1) is 19.3. The molecule has 0 aliphatic heterocycles. The second-order valence-electron chi connectivity index (χ2n) is 6.23. The minimum atomic E-state index is -0.407. The van der Waals surface area contributed by atoms with E-state index in [9.17, 15) is 4.79 Å². The van der Waals surface area contributed by atoms with Crippen LogP contribution in [0.15, 0.2) is 52.6 Å². The number of benzene rings is 1. The largest absolute Gasteiger partial charge is 0.453 e. The van der Waals surface area contributed by atoms with Gasteiger partial charge in [-0.05, 0) is 26.0 Å². The Labute approximate surface area is 175 Å². The highest BCUT2D eigenvalue weighted by Crippen LogP contribution is 2.31. The number of aryl methyl sites for hydroxylation is 1. The Hall–Kier alpha value is -2.98. The Morgan fingerprint density at radius 1 is 1.34 bits per heavy atom. The lowest BCUT2D eigenvalue weighted by molar-refractivity contribution is -0.115. The molecule has 29 heavy (non-hydrogen) atoms. The van der Waals surface area contributed by atoms with Crippen LogP contribution in [0.3, 0.4) is 0 Å². The molecule has 0 saturated heterocycles. The van der Waals surface area contributed by atoms with Crippen molar-refractivity contribution in [3.63, 3.8) is 0 Å². The van der Waals surface area contributed by atoms with Crippen LogP contribution in [0.25, 0.3) is 22.6 Å². The van der Waals surface area contributed by atoms with Crippen molar-refractivity contribution in [2.45, 2.75) is 30.8 Å². The molecule has 148 valence electrons. The van der Waals surface area contributed by atoms with Crippen LogP contribution >= 0.6 is 23.1 Å². The minimum absolute atomic E-state index is 0.176. The van der Waals surface area contributed by atoms with E-state index in [0.29, 0.717) is 28.4 Å². The normalized spacial score (nSPS) is 12.2.